The minimum Gasteiger partial charge on any atom is -0.366 e. The summed E-state index contributed by atoms with van der Waals surface area (Å²) in [4.78, 5) is 9.98. The van der Waals surface area contributed by atoms with Crippen LogP contribution in [0.25, 0.3) is 0 Å². The number of hydrogen-bond acceptors (Lipinski definition) is 1. The molecule has 0 aromatic carbocycles. The Kier molecular flexibility index (Phi) is 3.28. The Morgan fingerprint density at radius 1 is 1.88 bits per heavy atom. The highest BCUT2D eigenvalue weighted by Crippen LogP contribution is 1.92. The number of allylic oxidation sites excluding steroid dienone is 1. The van der Waals surface area contributed by atoms with Crippen LogP contribution in [0.2, 0.25) is 0 Å². The van der Waals surface area contributed by atoms with Crippen molar-refractivity contribution in [3.63, 3.8) is 0 Å². The number of amides is 1. The van der Waals surface area contributed by atoms with Crippen LogP contribution >= 0.6 is 11.6 Å². The molecule has 0 bridgehead atoms. The first-order valence-electron chi connectivity index (χ1n) is 2.24. The lowest BCUT2D eigenvalue weighted by atomic mass is 10.4. The van der Waals surface area contributed by atoms with E-state index in [0.717, 1.165) is 0 Å². The molecule has 3 heteroatoms. The maximum atomic E-state index is 9.98. The van der Waals surface area contributed by atoms with E-state index >= 15 is 0 Å². The molecular formula is C5H8ClNO. The van der Waals surface area contributed by atoms with E-state index in [9.17, 15) is 4.79 Å². The predicted molar refractivity (Wildman–Crippen MR) is 33.6 cm³/mol. The molecule has 1 atom stereocenters. The molecule has 2 nitrogen and oxygen atoms in total. The molecule has 0 radical (unpaired) electrons. The van der Waals surface area contributed by atoms with E-state index < -0.39 is 5.91 Å². The third-order valence-electron chi connectivity index (χ3n) is 0.526. The largest absolute Gasteiger partial charge is 0.366 e. The molecule has 8 heavy (non-hydrogen) atoms. The number of halogens is 1. The van der Waals surface area contributed by atoms with Crippen LogP contribution in [0.4, 0.5) is 0 Å². The van der Waals surface area contributed by atoms with Gasteiger partial charge >= 0.3 is 0 Å². The third kappa shape index (κ3) is 5.50. The quantitative estimate of drug-likeness (QED) is 0.436. The predicted octanol–water partition coefficient (Wildman–Crippen LogP) is 0.655. The Hall–Kier alpha value is -0.500. The first-order valence-corrected chi connectivity index (χ1v) is 2.68. The van der Waals surface area contributed by atoms with Gasteiger partial charge < -0.3 is 5.73 Å². The molecule has 46 valence electrons. The molecular weight excluding hydrogens is 126 g/mol. The molecule has 0 fully saturated rings. The van der Waals surface area contributed by atoms with Crippen LogP contribution in [0.15, 0.2) is 12.2 Å². The highest BCUT2D eigenvalue weighted by molar-refractivity contribution is 6.21. The SMILES string of the molecule is CC(Cl)C=CC(N)=O. The van der Waals surface area contributed by atoms with Gasteiger partial charge in [0, 0.05) is 11.5 Å². The molecule has 0 rings (SSSR count). The van der Waals surface area contributed by atoms with Crippen molar-refractivity contribution in [2.75, 3.05) is 0 Å². The maximum absolute atomic E-state index is 9.98. The maximum Gasteiger partial charge on any atom is 0.241 e. The second-order valence-electron chi connectivity index (χ2n) is 1.44. The second-order valence-corrected chi connectivity index (χ2v) is 2.13. The lowest BCUT2D eigenvalue weighted by molar-refractivity contribution is -0.113. The van der Waals surface area contributed by atoms with Crippen molar-refractivity contribution in [2.24, 2.45) is 5.73 Å². The Labute approximate surface area is 53.3 Å². The average molecular weight is 134 g/mol. The number of primary amides is 1. The van der Waals surface area contributed by atoms with Crippen molar-refractivity contribution in [3.8, 4) is 0 Å². The van der Waals surface area contributed by atoms with Crippen LogP contribution in [0.3, 0.4) is 0 Å². The van der Waals surface area contributed by atoms with Crippen LogP contribution in [0, 0.1) is 0 Å². The van der Waals surface area contributed by atoms with Crippen LogP contribution in [0.1, 0.15) is 6.92 Å². The van der Waals surface area contributed by atoms with E-state index in [0.29, 0.717) is 0 Å². The number of nitrogens with two attached hydrogens (primary N) is 1. The molecule has 1 unspecified atom stereocenters. The molecule has 0 saturated heterocycles. The summed E-state index contributed by atoms with van der Waals surface area (Å²) in [6, 6.07) is 0. The molecule has 0 heterocycles. The van der Waals surface area contributed by atoms with Gasteiger partial charge in [-0.1, -0.05) is 6.08 Å². The first kappa shape index (κ1) is 7.50. The van der Waals surface area contributed by atoms with Gasteiger partial charge in [0.05, 0.1) is 0 Å². The van der Waals surface area contributed by atoms with E-state index in [4.69, 9.17) is 17.3 Å². The van der Waals surface area contributed by atoms with Gasteiger partial charge in [-0.2, -0.15) is 0 Å². The molecule has 0 saturated carbocycles. The second kappa shape index (κ2) is 3.50. The summed E-state index contributed by atoms with van der Waals surface area (Å²) in [5.41, 5.74) is 4.76. The lowest BCUT2D eigenvalue weighted by Crippen LogP contribution is -2.06. The molecule has 2 N–H and O–H groups in total. The smallest absolute Gasteiger partial charge is 0.241 e. The number of rotatable bonds is 2. The van der Waals surface area contributed by atoms with Crippen LogP contribution < -0.4 is 5.73 Å². The van der Waals surface area contributed by atoms with Crippen molar-refractivity contribution in [1.29, 1.82) is 0 Å². The Balaban J connectivity index is 3.50. The monoisotopic (exact) mass is 133 g/mol. The van der Waals surface area contributed by atoms with Crippen LogP contribution in [0.5, 0.6) is 0 Å². The number of carbonyl (C=O) groups is 1. The van der Waals surface area contributed by atoms with Crippen molar-refractivity contribution in [3.05, 3.63) is 12.2 Å². The summed E-state index contributed by atoms with van der Waals surface area (Å²) >= 11 is 5.43. The van der Waals surface area contributed by atoms with Gasteiger partial charge in [0.15, 0.2) is 0 Å². The van der Waals surface area contributed by atoms with E-state index in [1.54, 1.807) is 6.92 Å². The van der Waals surface area contributed by atoms with E-state index in [1.807, 2.05) is 0 Å². The highest BCUT2D eigenvalue weighted by Gasteiger charge is 1.86. The van der Waals surface area contributed by atoms with Crippen molar-refractivity contribution >= 4 is 17.5 Å². The summed E-state index contributed by atoms with van der Waals surface area (Å²) in [5, 5.41) is -0.123. The molecule has 0 aliphatic carbocycles. The fraction of sp³-hybridized carbons (Fsp3) is 0.400. The zero-order chi connectivity index (χ0) is 6.57. The lowest BCUT2D eigenvalue weighted by Gasteiger charge is -1.86. The van der Waals surface area contributed by atoms with Gasteiger partial charge in [-0.15, -0.1) is 11.6 Å². The van der Waals surface area contributed by atoms with Crippen LogP contribution in [-0.2, 0) is 4.79 Å². The third-order valence-corrected chi connectivity index (χ3v) is 0.671. The normalized spacial score (nSPS) is 14.2. The van der Waals surface area contributed by atoms with Gasteiger partial charge in [0.1, 0.15) is 0 Å². The zero-order valence-corrected chi connectivity index (χ0v) is 5.35. The summed E-state index contributed by atoms with van der Waals surface area (Å²) in [6.07, 6.45) is 2.78. The topological polar surface area (TPSA) is 43.1 Å². The van der Waals surface area contributed by atoms with Crippen molar-refractivity contribution in [1.82, 2.24) is 0 Å². The molecule has 0 spiro atoms. The van der Waals surface area contributed by atoms with Crippen LogP contribution in [-0.4, -0.2) is 11.3 Å². The number of alkyl halides is 1. The minimum absolute atomic E-state index is 0.123. The zero-order valence-electron chi connectivity index (χ0n) is 4.60. The summed E-state index contributed by atoms with van der Waals surface area (Å²) in [7, 11) is 0. The van der Waals surface area contributed by atoms with Gasteiger partial charge in [0.2, 0.25) is 5.91 Å². The fourth-order valence-electron chi connectivity index (χ4n) is 0.227. The van der Waals surface area contributed by atoms with E-state index in [1.165, 1.54) is 12.2 Å². The van der Waals surface area contributed by atoms with Crippen molar-refractivity contribution < 1.29 is 4.79 Å². The van der Waals surface area contributed by atoms with Gasteiger partial charge in [0.25, 0.3) is 0 Å². The van der Waals surface area contributed by atoms with E-state index in [-0.39, 0.29) is 5.38 Å². The molecule has 0 aromatic heterocycles. The van der Waals surface area contributed by atoms with E-state index in [2.05, 4.69) is 0 Å². The van der Waals surface area contributed by atoms with Gasteiger partial charge in [-0.3, -0.25) is 4.79 Å². The average Bonchev–Trinajstić information content (AvgIpc) is 1.61. The number of carbonyl (C=O) groups excluding carboxylic acids is 1. The fourth-order valence-corrected chi connectivity index (χ4v) is 0.300. The summed E-state index contributed by atoms with van der Waals surface area (Å²) < 4.78 is 0. The Bertz CT molecular complexity index is 109. The summed E-state index contributed by atoms with van der Waals surface area (Å²) in [5.74, 6) is -0.461. The Morgan fingerprint density at radius 2 is 2.38 bits per heavy atom. The highest BCUT2D eigenvalue weighted by atomic mass is 35.5. The van der Waals surface area contributed by atoms with Gasteiger partial charge in [-0.25, -0.2) is 0 Å². The first-order chi connectivity index (χ1) is 3.63. The molecule has 1 amide bonds. The molecule has 0 aromatic rings. The summed E-state index contributed by atoms with van der Waals surface area (Å²) in [6.45, 7) is 1.75. The van der Waals surface area contributed by atoms with Crippen molar-refractivity contribution in [2.45, 2.75) is 12.3 Å². The van der Waals surface area contributed by atoms with Gasteiger partial charge in [-0.05, 0) is 6.92 Å². The standard InChI is InChI=1S/C5H8ClNO/c1-4(6)2-3-5(7)8/h2-4H,1H3,(H2,7,8). The number of hydrogen-bond donors (Lipinski definition) is 1. The minimum atomic E-state index is -0.461. The molecule has 0 aliphatic rings. The Morgan fingerprint density at radius 3 is 2.50 bits per heavy atom. The molecule has 0 aliphatic heterocycles.